The highest BCUT2D eigenvalue weighted by Crippen LogP contribution is 2.15. The van der Waals surface area contributed by atoms with Crippen LogP contribution in [-0.4, -0.2) is 44.4 Å². The van der Waals surface area contributed by atoms with Gasteiger partial charge in [0.25, 0.3) is 5.91 Å². The summed E-state index contributed by atoms with van der Waals surface area (Å²) in [6.45, 7) is 0.251. The van der Waals surface area contributed by atoms with E-state index in [0.29, 0.717) is 5.02 Å². The summed E-state index contributed by atoms with van der Waals surface area (Å²) in [5.74, 6) is 0.239. The molecule has 0 aliphatic heterocycles. The van der Waals surface area contributed by atoms with Crippen LogP contribution in [0.25, 0.3) is 0 Å². The van der Waals surface area contributed by atoms with Gasteiger partial charge in [-0.05, 0) is 35.4 Å². The summed E-state index contributed by atoms with van der Waals surface area (Å²) in [5.41, 5.74) is 1.63. The molecule has 0 spiro atoms. The molecule has 0 saturated heterocycles. The fourth-order valence-corrected chi connectivity index (χ4v) is 2.65. The van der Waals surface area contributed by atoms with Crippen molar-refractivity contribution >= 4 is 23.6 Å². The van der Waals surface area contributed by atoms with Gasteiger partial charge in [-0.25, -0.2) is 9.86 Å². The molecule has 1 N–H and O–H groups in total. The van der Waals surface area contributed by atoms with Gasteiger partial charge in [-0.1, -0.05) is 35.9 Å². The van der Waals surface area contributed by atoms with Gasteiger partial charge in [0.2, 0.25) is 0 Å². The maximum absolute atomic E-state index is 12.5. The van der Waals surface area contributed by atoms with Crippen LogP contribution in [0.1, 0.15) is 11.1 Å². The van der Waals surface area contributed by atoms with Gasteiger partial charge in [0.15, 0.2) is 6.10 Å². The molecule has 0 fully saturated rings. The predicted molar refractivity (Wildman–Crippen MR) is 105 cm³/mol. The summed E-state index contributed by atoms with van der Waals surface area (Å²) in [5, 5.41) is 4.19. The summed E-state index contributed by atoms with van der Waals surface area (Å²) in [7, 11) is 4.39. The minimum Gasteiger partial charge on any atom is -0.497 e. The second kappa shape index (κ2) is 10.5. The number of halogens is 1. The van der Waals surface area contributed by atoms with E-state index >= 15 is 0 Å². The first-order valence-corrected chi connectivity index (χ1v) is 8.94. The summed E-state index contributed by atoms with van der Waals surface area (Å²) < 4.78 is 10.5. The number of benzene rings is 2. The molecule has 0 radical (unpaired) electrons. The van der Waals surface area contributed by atoms with Gasteiger partial charge < -0.3 is 14.8 Å². The van der Waals surface area contributed by atoms with E-state index in [1.54, 1.807) is 43.5 Å². The molecule has 8 heteroatoms. The van der Waals surface area contributed by atoms with Crippen molar-refractivity contribution < 1.29 is 23.9 Å². The number of likely N-dealkylation sites (N-methyl/N-ethyl adjacent to an activating group) is 1. The normalized spacial score (nSPS) is 11.4. The maximum Gasteiger partial charge on any atom is 0.408 e. The monoisotopic (exact) mass is 406 g/mol. The van der Waals surface area contributed by atoms with Crippen molar-refractivity contribution in [1.29, 1.82) is 0 Å². The standard InChI is InChI=1S/C20H23ClN2O5/c1-23(27-3)19(24)18(12-15-5-4-6-16(21)11-15)28-20(25)22-13-14-7-9-17(26-2)10-8-14/h4-11,18H,12-13H2,1-3H3,(H,22,25). The van der Waals surface area contributed by atoms with Crippen molar-refractivity contribution in [3.63, 3.8) is 0 Å². The fourth-order valence-electron chi connectivity index (χ4n) is 2.44. The first-order valence-electron chi connectivity index (χ1n) is 8.56. The van der Waals surface area contributed by atoms with Crippen molar-refractivity contribution in [2.45, 2.75) is 19.1 Å². The van der Waals surface area contributed by atoms with E-state index in [-0.39, 0.29) is 13.0 Å². The number of rotatable bonds is 8. The van der Waals surface area contributed by atoms with Crippen molar-refractivity contribution in [2.75, 3.05) is 21.3 Å². The van der Waals surface area contributed by atoms with Crippen LogP contribution in [0.3, 0.4) is 0 Å². The predicted octanol–water partition coefficient (Wildman–Crippen LogP) is 3.21. The molecule has 2 amide bonds. The lowest BCUT2D eigenvalue weighted by Crippen LogP contribution is -2.41. The zero-order valence-electron chi connectivity index (χ0n) is 16.0. The Balaban J connectivity index is 2.01. The molecule has 0 aliphatic rings. The van der Waals surface area contributed by atoms with E-state index in [2.05, 4.69) is 5.32 Å². The summed E-state index contributed by atoms with van der Waals surface area (Å²) in [4.78, 5) is 29.6. The summed E-state index contributed by atoms with van der Waals surface area (Å²) in [6.07, 6.45) is -1.59. The Labute approximate surface area is 169 Å². The van der Waals surface area contributed by atoms with Crippen LogP contribution in [0.4, 0.5) is 4.79 Å². The molecule has 0 aromatic heterocycles. The van der Waals surface area contributed by atoms with Gasteiger partial charge >= 0.3 is 6.09 Å². The van der Waals surface area contributed by atoms with Crippen LogP contribution in [0.5, 0.6) is 5.75 Å². The van der Waals surface area contributed by atoms with Crippen LogP contribution in [0.15, 0.2) is 48.5 Å². The lowest BCUT2D eigenvalue weighted by atomic mass is 10.1. The zero-order valence-corrected chi connectivity index (χ0v) is 16.7. The average Bonchev–Trinajstić information content (AvgIpc) is 2.71. The number of alkyl carbamates (subject to hydrolysis) is 1. The van der Waals surface area contributed by atoms with E-state index in [9.17, 15) is 9.59 Å². The lowest BCUT2D eigenvalue weighted by molar-refractivity contribution is -0.177. The number of carbonyl (C=O) groups excluding carboxylic acids is 2. The van der Waals surface area contributed by atoms with Crippen LogP contribution >= 0.6 is 11.6 Å². The topological polar surface area (TPSA) is 77.1 Å². The molecule has 2 aromatic rings. The number of nitrogens with zero attached hydrogens (tertiary/aromatic N) is 1. The van der Waals surface area contributed by atoms with E-state index in [0.717, 1.165) is 21.9 Å². The van der Waals surface area contributed by atoms with Crippen molar-refractivity contribution in [3.8, 4) is 5.75 Å². The lowest BCUT2D eigenvalue weighted by Gasteiger charge is -2.22. The number of methoxy groups -OCH3 is 1. The first kappa shape index (κ1) is 21.5. The third-order valence-electron chi connectivity index (χ3n) is 4.01. The van der Waals surface area contributed by atoms with Gasteiger partial charge in [0.1, 0.15) is 5.75 Å². The van der Waals surface area contributed by atoms with E-state index in [1.807, 2.05) is 12.1 Å². The largest absolute Gasteiger partial charge is 0.497 e. The quantitative estimate of drug-likeness (QED) is 0.681. The number of amides is 2. The highest BCUT2D eigenvalue weighted by atomic mass is 35.5. The molecule has 0 heterocycles. The number of hydroxylamine groups is 2. The van der Waals surface area contributed by atoms with E-state index in [4.69, 9.17) is 25.9 Å². The number of ether oxygens (including phenoxy) is 2. The Morgan fingerprint density at radius 1 is 1.11 bits per heavy atom. The minimum absolute atomic E-state index is 0.170. The molecule has 0 saturated carbocycles. The highest BCUT2D eigenvalue weighted by molar-refractivity contribution is 6.30. The third-order valence-corrected chi connectivity index (χ3v) is 4.25. The zero-order chi connectivity index (χ0) is 20.5. The van der Waals surface area contributed by atoms with Gasteiger partial charge in [-0.2, -0.15) is 0 Å². The van der Waals surface area contributed by atoms with Gasteiger partial charge in [0.05, 0.1) is 14.2 Å². The molecular formula is C20H23ClN2O5. The average molecular weight is 407 g/mol. The Hall–Kier alpha value is -2.77. The molecule has 2 aromatic carbocycles. The van der Waals surface area contributed by atoms with Gasteiger partial charge in [0, 0.05) is 25.0 Å². The second-order valence-electron chi connectivity index (χ2n) is 5.95. The van der Waals surface area contributed by atoms with Crippen molar-refractivity contribution in [2.24, 2.45) is 0 Å². The van der Waals surface area contributed by atoms with Crippen molar-refractivity contribution in [3.05, 3.63) is 64.7 Å². The molecule has 1 unspecified atom stereocenters. The molecule has 0 bridgehead atoms. The number of hydrogen-bond donors (Lipinski definition) is 1. The maximum atomic E-state index is 12.5. The smallest absolute Gasteiger partial charge is 0.408 e. The van der Waals surface area contributed by atoms with Crippen LogP contribution < -0.4 is 10.1 Å². The van der Waals surface area contributed by atoms with E-state index in [1.165, 1.54) is 14.2 Å². The van der Waals surface area contributed by atoms with Crippen molar-refractivity contribution in [1.82, 2.24) is 10.4 Å². The van der Waals surface area contributed by atoms with Gasteiger partial charge in [-0.3, -0.25) is 9.63 Å². The Morgan fingerprint density at radius 2 is 1.82 bits per heavy atom. The van der Waals surface area contributed by atoms with Crippen LogP contribution in [-0.2, 0) is 27.3 Å². The molecular weight excluding hydrogens is 384 g/mol. The Kier molecular flexibility index (Phi) is 8.10. The fraction of sp³-hybridized carbons (Fsp3) is 0.300. The number of nitrogens with one attached hydrogen (secondary N) is 1. The number of hydrogen-bond acceptors (Lipinski definition) is 5. The molecule has 0 aliphatic carbocycles. The molecule has 150 valence electrons. The van der Waals surface area contributed by atoms with E-state index < -0.39 is 18.1 Å². The third kappa shape index (κ3) is 6.44. The molecule has 1 atom stereocenters. The number of carbonyl (C=O) groups is 2. The molecule has 28 heavy (non-hydrogen) atoms. The summed E-state index contributed by atoms with van der Waals surface area (Å²) >= 11 is 5.99. The minimum atomic E-state index is -1.06. The Morgan fingerprint density at radius 3 is 2.43 bits per heavy atom. The highest BCUT2D eigenvalue weighted by Gasteiger charge is 2.27. The van der Waals surface area contributed by atoms with Crippen LogP contribution in [0.2, 0.25) is 5.02 Å². The Bertz CT molecular complexity index is 797. The molecule has 2 rings (SSSR count). The second-order valence-corrected chi connectivity index (χ2v) is 6.38. The van der Waals surface area contributed by atoms with Gasteiger partial charge in [-0.15, -0.1) is 0 Å². The van der Waals surface area contributed by atoms with Crippen LogP contribution in [0, 0.1) is 0 Å². The SMILES string of the molecule is COc1ccc(CNC(=O)OC(Cc2cccc(Cl)c2)C(=O)N(C)OC)cc1. The molecule has 7 nitrogen and oxygen atoms in total. The summed E-state index contributed by atoms with van der Waals surface area (Å²) in [6, 6.07) is 14.3. The first-order chi connectivity index (χ1) is 13.4.